The van der Waals surface area contributed by atoms with Crippen LogP contribution in [0.15, 0.2) is 53.4 Å². The van der Waals surface area contributed by atoms with E-state index in [9.17, 15) is 22.7 Å². The number of carboxylic acids is 1. The molecular weight excluding hydrogens is 555 g/mol. The predicted octanol–water partition coefficient (Wildman–Crippen LogP) is 6.00. The molecule has 2 aliphatic rings. The van der Waals surface area contributed by atoms with E-state index in [1.807, 2.05) is 35.2 Å². The molecule has 0 unspecified atom stereocenters. The van der Waals surface area contributed by atoms with Gasteiger partial charge in [-0.3, -0.25) is 0 Å². The second kappa shape index (κ2) is 11.9. The third kappa shape index (κ3) is 5.47. The Hall–Kier alpha value is -2.99. The average Bonchev–Trinajstić information content (AvgIpc) is 3.32. The van der Waals surface area contributed by atoms with Crippen molar-refractivity contribution in [2.45, 2.75) is 43.0 Å². The summed E-state index contributed by atoms with van der Waals surface area (Å²) in [6.45, 7) is 0.915. The molecular formula is C29H33FN2O6S2. The second-order valence-corrected chi connectivity index (χ2v) is 13.2. The van der Waals surface area contributed by atoms with Crippen molar-refractivity contribution in [1.82, 2.24) is 4.31 Å². The van der Waals surface area contributed by atoms with E-state index in [4.69, 9.17) is 9.47 Å². The minimum Gasteiger partial charge on any atom is -0.490 e. The molecule has 1 fully saturated rings. The Morgan fingerprint density at radius 3 is 2.48 bits per heavy atom. The van der Waals surface area contributed by atoms with Crippen LogP contribution in [0.25, 0.3) is 10.4 Å². The number of aromatic carboxylic acids is 1. The quantitative estimate of drug-likeness (QED) is 0.323. The summed E-state index contributed by atoms with van der Waals surface area (Å²) in [4.78, 5) is 13.5. The van der Waals surface area contributed by atoms with Crippen molar-refractivity contribution in [1.29, 1.82) is 0 Å². The van der Waals surface area contributed by atoms with Gasteiger partial charge in [-0.2, -0.15) is 4.31 Å². The lowest BCUT2D eigenvalue weighted by molar-refractivity contribution is 0.0697. The Morgan fingerprint density at radius 1 is 1.10 bits per heavy atom. The molecule has 1 N–H and O–H groups in total. The van der Waals surface area contributed by atoms with E-state index < -0.39 is 26.7 Å². The van der Waals surface area contributed by atoms with Crippen LogP contribution < -0.4 is 9.64 Å². The summed E-state index contributed by atoms with van der Waals surface area (Å²) in [6.07, 6.45) is 5.23. The van der Waals surface area contributed by atoms with E-state index in [-0.39, 0.29) is 34.9 Å². The van der Waals surface area contributed by atoms with Gasteiger partial charge in [0.25, 0.3) is 0 Å². The molecule has 1 atom stereocenters. The van der Waals surface area contributed by atoms with Gasteiger partial charge < -0.3 is 19.5 Å². The van der Waals surface area contributed by atoms with Crippen LogP contribution in [0, 0.1) is 11.7 Å². The highest BCUT2D eigenvalue weighted by atomic mass is 32.2. The normalized spacial score (nSPS) is 19.7. The summed E-state index contributed by atoms with van der Waals surface area (Å²) in [5.74, 6) is -1.73. The zero-order valence-corrected chi connectivity index (χ0v) is 24.1. The fourth-order valence-corrected chi connectivity index (χ4v) is 8.21. The molecule has 8 nitrogen and oxygen atoms in total. The van der Waals surface area contributed by atoms with Crippen molar-refractivity contribution in [2.24, 2.45) is 5.92 Å². The molecule has 0 saturated heterocycles. The fraction of sp³-hybridized carbons (Fsp3) is 0.414. The Kier molecular flexibility index (Phi) is 8.46. The van der Waals surface area contributed by atoms with Gasteiger partial charge in [0, 0.05) is 48.9 Å². The zero-order valence-electron chi connectivity index (χ0n) is 22.5. The van der Waals surface area contributed by atoms with Crippen LogP contribution in [0.2, 0.25) is 0 Å². The second-order valence-electron chi connectivity index (χ2n) is 10.2. The summed E-state index contributed by atoms with van der Waals surface area (Å²) in [5.41, 5.74) is 1.62. The number of benzene rings is 2. The van der Waals surface area contributed by atoms with Gasteiger partial charge in [-0.05, 0) is 43.0 Å². The first-order chi connectivity index (χ1) is 19.2. The molecule has 0 bridgehead atoms. The number of likely N-dealkylation sites (N-methyl/N-ethyl adjacent to an activating group) is 1. The summed E-state index contributed by atoms with van der Waals surface area (Å²) in [7, 11) is -0.799. The van der Waals surface area contributed by atoms with E-state index >= 15 is 0 Å². The van der Waals surface area contributed by atoms with E-state index in [1.54, 1.807) is 20.2 Å². The number of fused-ring (bicyclic) bond motifs is 1. The number of rotatable bonds is 8. The van der Waals surface area contributed by atoms with Gasteiger partial charge in [0.05, 0.1) is 12.3 Å². The molecule has 3 aromatic rings. The molecule has 0 amide bonds. The van der Waals surface area contributed by atoms with Crippen LogP contribution in [0.5, 0.6) is 5.75 Å². The minimum atomic E-state index is -3.98. The standard InChI is InChI=1S/C29H33FN2O6S2/c1-31-24(19-9-5-3-6-10-19)18-32(20-11-7-4-8-12-20)23-17-25(38-14-13-37-2)21(15-27(23)40(31,35)36)26-16-22(30)28(39-26)29(33)34/h4,7-8,11-12,15-17,19,24H,3,5-6,9-10,13-14,18H2,1-2H3,(H,33,34)/t24-/m0/s1. The van der Waals surface area contributed by atoms with E-state index in [0.29, 0.717) is 23.5 Å². The SMILES string of the molecule is COCCOc1cc2c(cc1-c1cc(F)c(C(=O)O)s1)S(=O)(=O)N(C)[C@H](C1CCCCC1)CN2c1ccccc1. The first-order valence-corrected chi connectivity index (χ1v) is 15.6. The fourth-order valence-electron chi connectivity index (χ4n) is 5.71. The summed E-state index contributed by atoms with van der Waals surface area (Å²) < 4.78 is 55.8. The number of sulfonamides is 1. The van der Waals surface area contributed by atoms with Crippen LogP contribution in [-0.4, -0.2) is 63.8 Å². The van der Waals surface area contributed by atoms with Crippen molar-refractivity contribution in [2.75, 3.05) is 38.8 Å². The maximum absolute atomic E-state index is 14.6. The lowest BCUT2D eigenvalue weighted by Crippen LogP contribution is -2.46. The number of hydrogen-bond donors (Lipinski definition) is 1. The monoisotopic (exact) mass is 588 g/mol. The number of methoxy groups -OCH3 is 1. The maximum Gasteiger partial charge on any atom is 0.348 e. The maximum atomic E-state index is 14.6. The van der Waals surface area contributed by atoms with Crippen LogP contribution in [0.3, 0.4) is 0 Å². The Bertz CT molecular complexity index is 1470. The van der Waals surface area contributed by atoms with Crippen LogP contribution in [0.1, 0.15) is 41.8 Å². The number of ether oxygens (including phenoxy) is 2. The smallest absolute Gasteiger partial charge is 0.348 e. The van der Waals surface area contributed by atoms with Gasteiger partial charge in [-0.25, -0.2) is 17.6 Å². The van der Waals surface area contributed by atoms with Gasteiger partial charge >= 0.3 is 5.97 Å². The third-order valence-corrected chi connectivity index (χ3v) is 10.8. The van der Waals surface area contributed by atoms with Crippen LogP contribution >= 0.6 is 11.3 Å². The topological polar surface area (TPSA) is 96.4 Å². The van der Waals surface area contributed by atoms with Gasteiger partial charge in [-0.1, -0.05) is 37.5 Å². The van der Waals surface area contributed by atoms with Crippen molar-refractivity contribution >= 4 is 38.7 Å². The number of thiophene rings is 1. The molecule has 40 heavy (non-hydrogen) atoms. The van der Waals surface area contributed by atoms with Crippen molar-refractivity contribution in [3.63, 3.8) is 0 Å². The molecule has 5 rings (SSSR count). The molecule has 1 aliphatic heterocycles. The Labute approximate surface area is 238 Å². The molecule has 2 aromatic carbocycles. The van der Waals surface area contributed by atoms with Gasteiger partial charge in [0.2, 0.25) is 10.0 Å². The molecule has 0 radical (unpaired) electrons. The largest absolute Gasteiger partial charge is 0.490 e. The summed E-state index contributed by atoms with van der Waals surface area (Å²) in [5, 5.41) is 9.44. The first-order valence-electron chi connectivity index (χ1n) is 13.4. The van der Waals surface area contributed by atoms with Gasteiger partial charge in [0.1, 0.15) is 27.9 Å². The molecule has 1 saturated carbocycles. The number of para-hydroxylation sites is 1. The highest BCUT2D eigenvalue weighted by molar-refractivity contribution is 7.89. The molecule has 0 spiro atoms. The Morgan fingerprint density at radius 2 is 1.82 bits per heavy atom. The highest BCUT2D eigenvalue weighted by Crippen LogP contribution is 2.47. The lowest BCUT2D eigenvalue weighted by Gasteiger charge is -2.36. The lowest BCUT2D eigenvalue weighted by atomic mass is 9.83. The van der Waals surface area contributed by atoms with Crippen molar-refractivity contribution in [3.05, 3.63) is 59.2 Å². The van der Waals surface area contributed by atoms with E-state index in [1.165, 1.54) is 10.4 Å². The summed E-state index contributed by atoms with van der Waals surface area (Å²) >= 11 is 0.744. The number of carboxylic acid groups (broad SMARTS) is 1. The minimum absolute atomic E-state index is 0.0666. The summed E-state index contributed by atoms with van der Waals surface area (Å²) in [6, 6.07) is 13.7. The molecule has 11 heteroatoms. The van der Waals surface area contributed by atoms with E-state index in [0.717, 1.165) is 55.2 Å². The number of nitrogens with zero attached hydrogens (tertiary/aromatic N) is 2. The molecule has 1 aromatic heterocycles. The molecule has 1 aliphatic carbocycles. The van der Waals surface area contributed by atoms with Gasteiger partial charge in [-0.15, -0.1) is 11.3 Å². The average molecular weight is 589 g/mol. The van der Waals surface area contributed by atoms with Gasteiger partial charge in [0.15, 0.2) is 0 Å². The molecule has 214 valence electrons. The van der Waals surface area contributed by atoms with Crippen LogP contribution in [0.4, 0.5) is 15.8 Å². The number of halogens is 1. The molecule has 2 heterocycles. The number of hydrogen-bond acceptors (Lipinski definition) is 7. The van der Waals surface area contributed by atoms with Crippen molar-refractivity contribution in [3.8, 4) is 16.2 Å². The third-order valence-electron chi connectivity index (χ3n) is 7.80. The van der Waals surface area contributed by atoms with E-state index in [2.05, 4.69) is 0 Å². The van der Waals surface area contributed by atoms with Crippen LogP contribution in [-0.2, 0) is 14.8 Å². The predicted molar refractivity (Wildman–Crippen MR) is 153 cm³/mol. The number of anilines is 2. The number of carbonyl (C=O) groups is 1. The first kappa shape index (κ1) is 28.5. The van der Waals surface area contributed by atoms with Crippen molar-refractivity contribution < 1.29 is 32.2 Å². The Balaban J connectivity index is 1.72. The zero-order chi connectivity index (χ0) is 28.4. The highest BCUT2D eigenvalue weighted by Gasteiger charge is 2.41.